The van der Waals surface area contributed by atoms with Crippen LogP contribution < -0.4 is 5.76 Å². The highest BCUT2D eigenvalue weighted by Gasteiger charge is 2.39. The van der Waals surface area contributed by atoms with E-state index in [1.807, 2.05) is 0 Å². The molecule has 2 saturated heterocycles. The van der Waals surface area contributed by atoms with E-state index in [0.29, 0.717) is 23.9 Å². The number of nitrogens with zero attached hydrogens (tertiary/aromatic N) is 3. The van der Waals surface area contributed by atoms with Crippen LogP contribution in [-0.2, 0) is 21.9 Å². The summed E-state index contributed by atoms with van der Waals surface area (Å²) in [5.74, 6) is -0.614. The van der Waals surface area contributed by atoms with Crippen molar-refractivity contribution in [3.05, 3.63) is 28.7 Å². The molecule has 2 amide bonds. The number of fused-ring (bicyclic) bond motifs is 1. The first kappa shape index (κ1) is 18.3. The van der Waals surface area contributed by atoms with Crippen molar-refractivity contribution in [3.63, 3.8) is 0 Å². The third-order valence-corrected chi connectivity index (χ3v) is 7.70. The summed E-state index contributed by atoms with van der Waals surface area (Å²) in [5, 5.41) is -0.257. The molecule has 144 valence electrons. The Kier molecular flexibility index (Phi) is 4.40. The number of carbonyl (C=O) groups is 2. The predicted octanol–water partition coefficient (Wildman–Crippen LogP) is 0.980. The van der Waals surface area contributed by atoms with Gasteiger partial charge in [-0.3, -0.25) is 19.1 Å². The molecule has 0 radical (unpaired) electrons. The van der Waals surface area contributed by atoms with E-state index in [0.717, 1.165) is 11.8 Å². The predicted molar refractivity (Wildman–Crippen MR) is 97.9 cm³/mol. The fourth-order valence-corrected chi connectivity index (χ4v) is 5.74. The maximum atomic E-state index is 13.0. The Labute approximate surface area is 158 Å². The minimum Gasteiger partial charge on any atom is -0.408 e. The minimum absolute atomic E-state index is 0.0775. The number of oxazole rings is 1. The van der Waals surface area contributed by atoms with E-state index in [1.54, 1.807) is 0 Å². The van der Waals surface area contributed by atoms with Crippen LogP contribution in [0.2, 0.25) is 0 Å². The van der Waals surface area contributed by atoms with Crippen LogP contribution in [0.5, 0.6) is 0 Å². The molecule has 2 aliphatic heterocycles. The van der Waals surface area contributed by atoms with Gasteiger partial charge in [-0.05, 0) is 31.0 Å². The number of aromatic nitrogens is 1. The highest BCUT2D eigenvalue weighted by Crippen LogP contribution is 2.29. The lowest BCUT2D eigenvalue weighted by atomic mass is 10.1. The first-order valence-corrected chi connectivity index (χ1v) is 10.8. The van der Waals surface area contributed by atoms with Crippen LogP contribution in [-0.4, -0.2) is 58.2 Å². The third-order valence-electron chi connectivity index (χ3n) is 4.97. The molecule has 27 heavy (non-hydrogen) atoms. The number of carbonyl (C=O) groups excluding carboxylic acids is 2. The van der Waals surface area contributed by atoms with Gasteiger partial charge in [0.2, 0.25) is 15.9 Å². The lowest BCUT2D eigenvalue weighted by Crippen LogP contribution is -2.48. The number of hydrogen-bond donors (Lipinski definition) is 0. The lowest BCUT2D eigenvalue weighted by Gasteiger charge is -2.34. The average molecular weight is 411 g/mol. The molecule has 3 heterocycles. The Bertz CT molecular complexity index is 1080. The Morgan fingerprint density at radius 1 is 1.15 bits per heavy atom. The van der Waals surface area contributed by atoms with E-state index in [4.69, 9.17) is 4.42 Å². The van der Waals surface area contributed by atoms with Gasteiger partial charge in [0.15, 0.2) is 5.58 Å². The number of piperidine rings is 1. The van der Waals surface area contributed by atoms with Crippen molar-refractivity contribution >= 4 is 44.0 Å². The Morgan fingerprint density at radius 3 is 2.48 bits per heavy atom. The second-order valence-electron chi connectivity index (χ2n) is 6.51. The smallest absolute Gasteiger partial charge is 0.408 e. The number of rotatable bonds is 3. The van der Waals surface area contributed by atoms with Gasteiger partial charge in [-0.1, -0.05) is 11.8 Å². The van der Waals surface area contributed by atoms with Gasteiger partial charge < -0.3 is 4.42 Å². The van der Waals surface area contributed by atoms with Crippen LogP contribution in [0.3, 0.4) is 0 Å². The molecule has 0 saturated carbocycles. The topological polar surface area (TPSA) is 110 Å². The first-order valence-electron chi connectivity index (χ1n) is 8.37. The molecule has 11 heteroatoms. The average Bonchev–Trinajstić information content (AvgIpc) is 3.13. The van der Waals surface area contributed by atoms with E-state index >= 15 is 0 Å². The second kappa shape index (κ2) is 6.50. The monoisotopic (exact) mass is 411 g/mol. The van der Waals surface area contributed by atoms with Crippen molar-refractivity contribution in [1.29, 1.82) is 0 Å². The lowest BCUT2D eigenvalue weighted by molar-refractivity contribution is -0.126. The van der Waals surface area contributed by atoms with E-state index in [9.17, 15) is 22.8 Å². The van der Waals surface area contributed by atoms with Crippen LogP contribution >= 0.6 is 11.8 Å². The summed E-state index contributed by atoms with van der Waals surface area (Å²) < 4.78 is 33.6. The molecule has 0 aliphatic carbocycles. The van der Waals surface area contributed by atoms with Crippen LogP contribution in [0, 0.1) is 0 Å². The number of amides is 2. The summed E-state index contributed by atoms with van der Waals surface area (Å²) in [6, 6.07) is 4.04. The summed E-state index contributed by atoms with van der Waals surface area (Å²) in [4.78, 5) is 36.6. The van der Waals surface area contributed by atoms with E-state index < -0.39 is 15.8 Å². The van der Waals surface area contributed by atoms with Crippen molar-refractivity contribution in [2.75, 3.05) is 18.8 Å². The molecule has 2 aliphatic rings. The fraction of sp³-hybridized carbons (Fsp3) is 0.438. The summed E-state index contributed by atoms with van der Waals surface area (Å²) in [5.41, 5.74) is 0.727. The highest BCUT2D eigenvalue weighted by molar-refractivity contribution is 8.14. The maximum Gasteiger partial charge on any atom is 0.419 e. The summed E-state index contributed by atoms with van der Waals surface area (Å²) in [6.45, 7) is 0.439. The van der Waals surface area contributed by atoms with Crippen molar-refractivity contribution in [2.24, 2.45) is 7.05 Å². The zero-order valence-corrected chi connectivity index (χ0v) is 16.1. The molecule has 0 spiro atoms. The molecule has 0 unspecified atom stereocenters. The van der Waals surface area contributed by atoms with Crippen LogP contribution in [0.4, 0.5) is 4.79 Å². The summed E-state index contributed by atoms with van der Waals surface area (Å²) >= 11 is 0.984. The van der Waals surface area contributed by atoms with E-state index in [2.05, 4.69) is 0 Å². The van der Waals surface area contributed by atoms with Gasteiger partial charge in [0.1, 0.15) is 0 Å². The first-order chi connectivity index (χ1) is 12.8. The molecular formula is C16H17N3O6S2. The molecule has 1 aromatic heterocycles. The molecule has 0 N–H and O–H groups in total. The number of imide groups is 1. The van der Waals surface area contributed by atoms with Crippen molar-refractivity contribution in [1.82, 2.24) is 13.8 Å². The van der Waals surface area contributed by atoms with Crippen molar-refractivity contribution in [3.8, 4) is 0 Å². The fourth-order valence-electron chi connectivity index (χ4n) is 3.47. The normalized spacial score (nSPS) is 20.1. The van der Waals surface area contributed by atoms with Gasteiger partial charge >= 0.3 is 5.76 Å². The molecule has 2 aromatic rings. The number of thioether (sulfide) groups is 1. The molecule has 9 nitrogen and oxygen atoms in total. The zero-order valence-electron chi connectivity index (χ0n) is 14.5. The number of sulfonamides is 1. The zero-order chi connectivity index (χ0) is 19.3. The molecule has 4 rings (SSSR count). The summed E-state index contributed by atoms with van der Waals surface area (Å²) in [6.07, 6.45) is 0.813. The number of benzene rings is 1. The standard InChI is InChI=1S/C16H17N3O6S2/c1-17-12-8-11(2-3-13(12)25-15(17)21)27(23,24)18-6-4-10(5-7-18)19-14(20)9-26-16(19)22/h2-3,8,10H,4-7,9H2,1H3. The Hall–Kier alpha value is -2.11. The van der Waals surface area contributed by atoms with Crippen molar-refractivity contribution < 1.29 is 22.4 Å². The van der Waals surface area contributed by atoms with E-state index in [1.165, 1.54) is 39.0 Å². The van der Waals surface area contributed by atoms with Crippen molar-refractivity contribution in [2.45, 2.75) is 23.8 Å². The second-order valence-corrected chi connectivity index (χ2v) is 9.37. The third kappa shape index (κ3) is 2.99. The SMILES string of the molecule is Cn1c(=O)oc2ccc(S(=O)(=O)N3CCC(N4C(=O)CSC4=O)CC3)cc21. The van der Waals surface area contributed by atoms with Crippen LogP contribution in [0.15, 0.2) is 32.3 Å². The van der Waals surface area contributed by atoms with E-state index in [-0.39, 0.29) is 40.9 Å². The maximum absolute atomic E-state index is 13.0. The highest BCUT2D eigenvalue weighted by atomic mass is 32.2. The van der Waals surface area contributed by atoms with Gasteiger partial charge in [-0.2, -0.15) is 4.31 Å². The quantitative estimate of drug-likeness (QED) is 0.740. The Morgan fingerprint density at radius 2 is 1.85 bits per heavy atom. The van der Waals surface area contributed by atoms with Gasteiger partial charge in [0.05, 0.1) is 16.2 Å². The molecule has 2 fully saturated rings. The molecular weight excluding hydrogens is 394 g/mol. The molecule has 0 bridgehead atoms. The Balaban J connectivity index is 1.55. The van der Waals surface area contributed by atoms with Crippen LogP contribution in [0.25, 0.3) is 11.1 Å². The largest absolute Gasteiger partial charge is 0.419 e. The minimum atomic E-state index is -3.75. The van der Waals surface area contributed by atoms with Gasteiger partial charge in [0, 0.05) is 26.2 Å². The number of aryl methyl sites for hydroxylation is 1. The van der Waals surface area contributed by atoms with Crippen LogP contribution in [0.1, 0.15) is 12.8 Å². The van der Waals surface area contributed by atoms with Gasteiger partial charge in [0.25, 0.3) is 5.24 Å². The molecule has 0 atom stereocenters. The van der Waals surface area contributed by atoms with Gasteiger partial charge in [-0.15, -0.1) is 0 Å². The number of hydrogen-bond acceptors (Lipinski definition) is 7. The molecule has 1 aromatic carbocycles. The summed E-state index contributed by atoms with van der Waals surface area (Å²) in [7, 11) is -2.24. The van der Waals surface area contributed by atoms with Gasteiger partial charge in [-0.25, -0.2) is 13.2 Å².